The van der Waals surface area contributed by atoms with E-state index >= 15 is 0 Å². The Morgan fingerprint density at radius 3 is 2.72 bits per heavy atom. The van der Waals surface area contributed by atoms with Crippen LogP contribution >= 0.6 is 0 Å². The first-order valence-electron chi connectivity index (χ1n) is 7.36. The summed E-state index contributed by atoms with van der Waals surface area (Å²) >= 11 is 0. The smallest absolute Gasteiger partial charge is 0.0609 e. The zero-order valence-corrected chi connectivity index (χ0v) is 11.4. The van der Waals surface area contributed by atoms with Gasteiger partial charge in [-0.25, -0.2) is 0 Å². The van der Waals surface area contributed by atoms with Crippen molar-refractivity contribution < 1.29 is 5.11 Å². The van der Waals surface area contributed by atoms with Crippen LogP contribution in [0.1, 0.15) is 51.0 Å². The molecule has 2 rings (SSSR count). The van der Waals surface area contributed by atoms with E-state index in [2.05, 4.69) is 18.0 Å². The average Bonchev–Trinajstić information content (AvgIpc) is 2.41. The molecule has 1 N–H and O–H groups in total. The van der Waals surface area contributed by atoms with Crippen LogP contribution in [0.4, 0.5) is 0 Å². The quantitative estimate of drug-likeness (QED) is 0.862. The van der Waals surface area contributed by atoms with Crippen molar-refractivity contribution >= 4 is 0 Å². The molecule has 1 aliphatic rings. The fourth-order valence-electron chi connectivity index (χ4n) is 3.20. The predicted molar refractivity (Wildman–Crippen MR) is 74.3 cm³/mol. The van der Waals surface area contributed by atoms with E-state index in [4.69, 9.17) is 0 Å². The molecule has 100 valence electrons. The van der Waals surface area contributed by atoms with Gasteiger partial charge in [-0.05, 0) is 36.3 Å². The van der Waals surface area contributed by atoms with Gasteiger partial charge in [-0.2, -0.15) is 0 Å². The second-order valence-electron chi connectivity index (χ2n) is 5.70. The van der Waals surface area contributed by atoms with Gasteiger partial charge in [0, 0.05) is 18.8 Å². The maximum absolute atomic E-state index is 10.3. The summed E-state index contributed by atoms with van der Waals surface area (Å²) in [5, 5.41) is 10.3. The molecule has 0 bridgehead atoms. The van der Waals surface area contributed by atoms with Crippen LogP contribution in [0.25, 0.3) is 0 Å². The molecule has 0 radical (unpaired) electrons. The highest BCUT2D eigenvalue weighted by atomic mass is 16.3. The Kier molecular flexibility index (Phi) is 5.18. The molecule has 2 nitrogen and oxygen atoms in total. The van der Waals surface area contributed by atoms with E-state index in [1.54, 1.807) is 6.20 Å². The molecule has 1 fully saturated rings. The average molecular weight is 247 g/mol. The van der Waals surface area contributed by atoms with Crippen LogP contribution in [-0.4, -0.2) is 16.2 Å². The Bertz CT molecular complexity index is 330. The highest BCUT2D eigenvalue weighted by Gasteiger charge is 2.26. The third kappa shape index (κ3) is 3.81. The number of aliphatic hydroxyl groups excluding tert-OH is 1. The number of rotatable bonds is 5. The van der Waals surface area contributed by atoms with Crippen LogP contribution in [0, 0.1) is 11.8 Å². The molecule has 2 heteroatoms. The van der Waals surface area contributed by atoms with Gasteiger partial charge in [-0.3, -0.25) is 4.98 Å². The summed E-state index contributed by atoms with van der Waals surface area (Å²) in [5.41, 5.74) is 1.15. The highest BCUT2D eigenvalue weighted by molar-refractivity contribution is 5.09. The van der Waals surface area contributed by atoms with Gasteiger partial charge in [-0.15, -0.1) is 0 Å². The third-order valence-corrected chi connectivity index (χ3v) is 4.30. The van der Waals surface area contributed by atoms with Crippen molar-refractivity contribution in [2.24, 2.45) is 11.8 Å². The van der Waals surface area contributed by atoms with Gasteiger partial charge in [0.1, 0.15) is 0 Å². The molecular weight excluding hydrogens is 222 g/mol. The molecule has 1 atom stereocenters. The Morgan fingerprint density at radius 1 is 1.33 bits per heavy atom. The van der Waals surface area contributed by atoms with E-state index in [1.807, 2.05) is 12.3 Å². The van der Waals surface area contributed by atoms with Gasteiger partial charge in [-0.1, -0.05) is 38.7 Å². The minimum atomic E-state index is -0.184. The van der Waals surface area contributed by atoms with Gasteiger partial charge in [0.05, 0.1) is 6.10 Å². The minimum absolute atomic E-state index is 0.184. The van der Waals surface area contributed by atoms with Crippen molar-refractivity contribution in [3.05, 3.63) is 30.1 Å². The van der Waals surface area contributed by atoms with E-state index < -0.39 is 0 Å². The molecule has 0 aromatic carbocycles. The largest absolute Gasteiger partial charge is 0.392 e. The zero-order chi connectivity index (χ0) is 12.8. The van der Waals surface area contributed by atoms with Crippen molar-refractivity contribution in [3.8, 4) is 0 Å². The van der Waals surface area contributed by atoms with Crippen LogP contribution in [0.5, 0.6) is 0 Å². The summed E-state index contributed by atoms with van der Waals surface area (Å²) in [7, 11) is 0. The molecule has 1 aromatic rings. The van der Waals surface area contributed by atoms with E-state index in [-0.39, 0.29) is 6.10 Å². The normalized spacial score (nSPS) is 25.9. The topological polar surface area (TPSA) is 33.1 Å². The lowest BCUT2D eigenvalue weighted by molar-refractivity contribution is 0.0727. The molecule has 1 saturated carbocycles. The van der Waals surface area contributed by atoms with Gasteiger partial charge < -0.3 is 5.11 Å². The lowest BCUT2D eigenvalue weighted by Crippen LogP contribution is -2.27. The van der Waals surface area contributed by atoms with Gasteiger partial charge >= 0.3 is 0 Å². The lowest BCUT2D eigenvalue weighted by atomic mass is 9.77. The van der Waals surface area contributed by atoms with Gasteiger partial charge in [0.15, 0.2) is 0 Å². The summed E-state index contributed by atoms with van der Waals surface area (Å²) in [6.45, 7) is 2.27. The SMILES string of the molecule is CCCC1CCC(C(O)Cc2cccnc2)CC1. The van der Waals surface area contributed by atoms with E-state index in [0.717, 1.165) is 17.9 Å². The number of aromatic nitrogens is 1. The maximum Gasteiger partial charge on any atom is 0.0609 e. The molecule has 1 aliphatic carbocycles. The lowest BCUT2D eigenvalue weighted by Gasteiger charge is -2.31. The number of hydrogen-bond donors (Lipinski definition) is 1. The van der Waals surface area contributed by atoms with Crippen LogP contribution in [-0.2, 0) is 6.42 Å². The first-order chi connectivity index (χ1) is 8.79. The van der Waals surface area contributed by atoms with Crippen molar-refractivity contribution in [2.45, 2.75) is 58.0 Å². The Balaban J connectivity index is 1.79. The van der Waals surface area contributed by atoms with Crippen molar-refractivity contribution in [2.75, 3.05) is 0 Å². The zero-order valence-electron chi connectivity index (χ0n) is 11.4. The second-order valence-corrected chi connectivity index (χ2v) is 5.70. The van der Waals surface area contributed by atoms with Crippen LogP contribution < -0.4 is 0 Å². The molecule has 1 unspecified atom stereocenters. The summed E-state index contributed by atoms with van der Waals surface area (Å²) in [4.78, 5) is 4.11. The van der Waals surface area contributed by atoms with Crippen LogP contribution in [0.3, 0.4) is 0 Å². The first kappa shape index (κ1) is 13.5. The van der Waals surface area contributed by atoms with Gasteiger partial charge in [0.25, 0.3) is 0 Å². The Hall–Kier alpha value is -0.890. The summed E-state index contributed by atoms with van der Waals surface area (Å²) in [5.74, 6) is 1.41. The molecule has 1 heterocycles. The molecule has 0 amide bonds. The van der Waals surface area contributed by atoms with Crippen molar-refractivity contribution in [1.29, 1.82) is 0 Å². The fourth-order valence-corrected chi connectivity index (χ4v) is 3.20. The predicted octanol–water partition coefficient (Wildman–Crippen LogP) is 3.59. The molecule has 0 aliphatic heterocycles. The van der Waals surface area contributed by atoms with Crippen molar-refractivity contribution in [1.82, 2.24) is 4.98 Å². The number of aliphatic hydroxyl groups is 1. The number of pyridine rings is 1. The Labute approximate surface area is 110 Å². The molecule has 18 heavy (non-hydrogen) atoms. The number of hydrogen-bond acceptors (Lipinski definition) is 2. The Morgan fingerprint density at radius 2 is 2.11 bits per heavy atom. The van der Waals surface area contributed by atoms with E-state index in [1.165, 1.54) is 38.5 Å². The molecule has 1 aromatic heterocycles. The second kappa shape index (κ2) is 6.89. The summed E-state index contributed by atoms with van der Waals surface area (Å²) < 4.78 is 0. The third-order valence-electron chi connectivity index (χ3n) is 4.30. The molecular formula is C16H25NO. The first-order valence-corrected chi connectivity index (χ1v) is 7.36. The molecule has 0 saturated heterocycles. The summed E-state index contributed by atoms with van der Waals surface area (Å²) in [6.07, 6.45) is 11.9. The number of nitrogens with zero attached hydrogens (tertiary/aromatic N) is 1. The van der Waals surface area contributed by atoms with E-state index in [0.29, 0.717) is 5.92 Å². The summed E-state index contributed by atoms with van der Waals surface area (Å²) in [6, 6.07) is 4.00. The van der Waals surface area contributed by atoms with E-state index in [9.17, 15) is 5.11 Å². The van der Waals surface area contributed by atoms with Gasteiger partial charge in [0.2, 0.25) is 0 Å². The van der Waals surface area contributed by atoms with Crippen LogP contribution in [0.15, 0.2) is 24.5 Å². The molecule has 0 spiro atoms. The van der Waals surface area contributed by atoms with Crippen LogP contribution in [0.2, 0.25) is 0 Å². The maximum atomic E-state index is 10.3. The van der Waals surface area contributed by atoms with Crippen molar-refractivity contribution in [3.63, 3.8) is 0 Å². The fraction of sp³-hybridized carbons (Fsp3) is 0.688. The minimum Gasteiger partial charge on any atom is -0.392 e. The standard InChI is InChI=1S/C16H25NO/c1-2-4-13-6-8-15(9-7-13)16(18)11-14-5-3-10-17-12-14/h3,5,10,12-13,15-16,18H,2,4,6-9,11H2,1H3. The highest BCUT2D eigenvalue weighted by Crippen LogP contribution is 2.33. The monoisotopic (exact) mass is 247 g/mol.